The summed E-state index contributed by atoms with van der Waals surface area (Å²) in [4.78, 5) is 0. The topological polar surface area (TPSA) is 65.3 Å². The normalized spacial score (nSPS) is 25.0. The monoisotopic (exact) mass is 370 g/mol. The van der Waals surface area contributed by atoms with Gasteiger partial charge in [0.25, 0.3) is 0 Å². The lowest BCUT2D eigenvalue weighted by Gasteiger charge is -2.14. The van der Waals surface area contributed by atoms with Gasteiger partial charge in [0.05, 0.1) is 19.8 Å². The molecule has 0 amide bonds. The molecule has 6 nitrogen and oxygen atoms in total. The van der Waals surface area contributed by atoms with Gasteiger partial charge in [-0.1, -0.05) is 18.2 Å². The molecule has 5 rings (SSSR count). The number of rotatable bonds is 10. The molecule has 3 heterocycles. The van der Waals surface area contributed by atoms with Crippen molar-refractivity contribution in [2.45, 2.75) is 18.3 Å². The molecule has 3 aliphatic heterocycles. The van der Waals surface area contributed by atoms with Gasteiger partial charge in [-0.25, -0.2) is 0 Å². The van der Waals surface area contributed by atoms with E-state index in [1.54, 1.807) is 0 Å². The summed E-state index contributed by atoms with van der Waals surface area (Å²) in [7, 11) is 0. The maximum absolute atomic E-state index is 5.96. The Hall–Kier alpha value is -2.28. The molecular formula is C21H22O6. The molecule has 0 bridgehead atoms. The SMILES string of the molecule is c1ccc(-c2cc(OCC3CO3)cc(OCC3CO3)c2)c(OCC2CO2)c1. The van der Waals surface area contributed by atoms with E-state index >= 15 is 0 Å². The van der Waals surface area contributed by atoms with Crippen LogP contribution in [0.2, 0.25) is 0 Å². The second-order valence-electron chi connectivity index (χ2n) is 6.99. The number of hydrogen-bond donors (Lipinski definition) is 0. The van der Waals surface area contributed by atoms with Gasteiger partial charge in [-0.2, -0.15) is 0 Å². The summed E-state index contributed by atoms with van der Waals surface area (Å²) in [5, 5.41) is 0. The van der Waals surface area contributed by atoms with Gasteiger partial charge in [-0.3, -0.25) is 0 Å². The second-order valence-corrected chi connectivity index (χ2v) is 6.99. The van der Waals surface area contributed by atoms with Crippen LogP contribution in [0.25, 0.3) is 11.1 Å². The van der Waals surface area contributed by atoms with Crippen molar-refractivity contribution in [3.63, 3.8) is 0 Å². The Bertz CT molecular complexity index is 761. The number of benzene rings is 2. The number of para-hydroxylation sites is 1. The molecular weight excluding hydrogens is 348 g/mol. The van der Waals surface area contributed by atoms with Crippen LogP contribution in [-0.4, -0.2) is 58.0 Å². The second kappa shape index (κ2) is 7.38. The molecule has 3 unspecified atom stereocenters. The standard InChI is InChI=1S/C21H22O6/c1-2-4-21(27-13-19-12-26-19)20(3-1)14-5-15(22-8-17-10-24-17)7-16(6-14)23-9-18-11-25-18/h1-7,17-19H,8-13H2. The molecule has 3 atom stereocenters. The van der Waals surface area contributed by atoms with Gasteiger partial charge in [-0.05, 0) is 23.8 Å². The summed E-state index contributed by atoms with van der Waals surface area (Å²) < 4.78 is 33.5. The fourth-order valence-electron chi connectivity index (χ4n) is 2.78. The molecule has 0 saturated carbocycles. The zero-order valence-corrected chi connectivity index (χ0v) is 15.0. The highest BCUT2D eigenvalue weighted by Crippen LogP contribution is 2.36. The van der Waals surface area contributed by atoms with E-state index in [0.717, 1.165) is 48.2 Å². The van der Waals surface area contributed by atoms with E-state index in [4.69, 9.17) is 28.4 Å². The maximum atomic E-state index is 5.96. The minimum absolute atomic E-state index is 0.201. The van der Waals surface area contributed by atoms with Crippen LogP contribution in [-0.2, 0) is 14.2 Å². The fourth-order valence-corrected chi connectivity index (χ4v) is 2.78. The third kappa shape index (κ3) is 4.71. The molecule has 27 heavy (non-hydrogen) atoms. The average Bonchev–Trinajstić information content (AvgIpc) is 3.57. The first kappa shape index (κ1) is 16.9. The summed E-state index contributed by atoms with van der Waals surface area (Å²) in [6.45, 7) is 3.96. The summed E-state index contributed by atoms with van der Waals surface area (Å²) in [6.07, 6.45) is 0.614. The highest BCUT2D eigenvalue weighted by Gasteiger charge is 2.25. The van der Waals surface area contributed by atoms with E-state index in [2.05, 4.69) is 0 Å². The molecule has 2 aromatic rings. The van der Waals surface area contributed by atoms with Gasteiger partial charge < -0.3 is 28.4 Å². The molecule has 142 valence electrons. The summed E-state index contributed by atoms with van der Waals surface area (Å²) in [5.41, 5.74) is 1.99. The Kier molecular flexibility index (Phi) is 4.61. The Morgan fingerprint density at radius 2 is 1.22 bits per heavy atom. The minimum Gasteiger partial charge on any atom is -0.491 e. The van der Waals surface area contributed by atoms with Crippen LogP contribution in [0.15, 0.2) is 42.5 Å². The van der Waals surface area contributed by atoms with Crippen LogP contribution in [0.1, 0.15) is 0 Å². The molecule has 2 aromatic carbocycles. The van der Waals surface area contributed by atoms with E-state index in [-0.39, 0.29) is 18.3 Å². The van der Waals surface area contributed by atoms with Crippen LogP contribution < -0.4 is 14.2 Å². The first-order valence-corrected chi connectivity index (χ1v) is 9.31. The van der Waals surface area contributed by atoms with Gasteiger partial charge in [-0.15, -0.1) is 0 Å². The van der Waals surface area contributed by atoms with Gasteiger partial charge in [0.2, 0.25) is 0 Å². The third-order valence-electron chi connectivity index (χ3n) is 4.58. The fraction of sp³-hybridized carbons (Fsp3) is 0.429. The molecule has 0 N–H and O–H groups in total. The Balaban J connectivity index is 1.40. The van der Waals surface area contributed by atoms with Crippen molar-refractivity contribution in [2.75, 3.05) is 39.6 Å². The van der Waals surface area contributed by atoms with Crippen molar-refractivity contribution in [3.8, 4) is 28.4 Å². The maximum Gasteiger partial charge on any atom is 0.127 e. The largest absolute Gasteiger partial charge is 0.491 e. The highest BCUT2D eigenvalue weighted by atomic mass is 16.6. The van der Waals surface area contributed by atoms with Crippen molar-refractivity contribution in [2.24, 2.45) is 0 Å². The first-order valence-electron chi connectivity index (χ1n) is 9.31. The van der Waals surface area contributed by atoms with Gasteiger partial charge in [0, 0.05) is 11.6 Å². The lowest BCUT2D eigenvalue weighted by atomic mass is 10.0. The molecule has 0 spiro atoms. The number of hydrogen-bond acceptors (Lipinski definition) is 6. The lowest BCUT2D eigenvalue weighted by Crippen LogP contribution is -2.07. The van der Waals surface area contributed by atoms with Crippen molar-refractivity contribution in [1.82, 2.24) is 0 Å². The van der Waals surface area contributed by atoms with Crippen LogP contribution in [0.3, 0.4) is 0 Å². The van der Waals surface area contributed by atoms with E-state index in [0.29, 0.717) is 19.8 Å². The molecule has 0 aromatic heterocycles. The van der Waals surface area contributed by atoms with Gasteiger partial charge in [0.1, 0.15) is 55.4 Å². The van der Waals surface area contributed by atoms with Crippen LogP contribution >= 0.6 is 0 Å². The number of epoxide rings is 3. The third-order valence-corrected chi connectivity index (χ3v) is 4.58. The predicted octanol–water partition coefficient (Wildman–Crippen LogP) is 2.69. The van der Waals surface area contributed by atoms with Crippen molar-refractivity contribution >= 4 is 0 Å². The van der Waals surface area contributed by atoms with E-state index in [1.807, 2.05) is 42.5 Å². The smallest absolute Gasteiger partial charge is 0.127 e. The minimum atomic E-state index is 0.201. The molecule has 6 heteroatoms. The molecule has 0 radical (unpaired) electrons. The van der Waals surface area contributed by atoms with Gasteiger partial charge in [0.15, 0.2) is 0 Å². The van der Waals surface area contributed by atoms with Crippen molar-refractivity contribution < 1.29 is 28.4 Å². The zero-order valence-electron chi connectivity index (χ0n) is 15.0. The quantitative estimate of drug-likeness (QED) is 0.599. The zero-order chi connectivity index (χ0) is 18.1. The van der Waals surface area contributed by atoms with E-state index in [1.165, 1.54) is 0 Å². The molecule has 3 aliphatic rings. The predicted molar refractivity (Wildman–Crippen MR) is 97.6 cm³/mol. The lowest BCUT2D eigenvalue weighted by molar-refractivity contribution is 0.252. The summed E-state index contributed by atoms with van der Waals surface area (Å²) >= 11 is 0. The van der Waals surface area contributed by atoms with Crippen molar-refractivity contribution in [3.05, 3.63) is 42.5 Å². The Morgan fingerprint density at radius 1 is 0.704 bits per heavy atom. The van der Waals surface area contributed by atoms with Crippen LogP contribution in [0.5, 0.6) is 17.2 Å². The molecule has 3 saturated heterocycles. The molecule has 3 fully saturated rings. The van der Waals surface area contributed by atoms with E-state index in [9.17, 15) is 0 Å². The summed E-state index contributed by atoms with van der Waals surface area (Å²) in [5.74, 6) is 2.34. The van der Waals surface area contributed by atoms with E-state index < -0.39 is 0 Å². The summed E-state index contributed by atoms with van der Waals surface area (Å²) in [6, 6.07) is 13.9. The Labute approximate surface area is 157 Å². The first-order chi connectivity index (χ1) is 13.3. The van der Waals surface area contributed by atoms with Crippen molar-refractivity contribution in [1.29, 1.82) is 0 Å². The molecule has 0 aliphatic carbocycles. The van der Waals surface area contributed by atoms with Crippen LogP contribution in [0.4, 0.5) is 0 Å². The average molecular weight is 370 g/mol. The number of ether oxygens (including phenoxy) is 6. The van der Waals surface area contributed by atoms with Gasteiger partial charge >= 0.3 is 0 Å². The Morgan fingerprint density at radius 3 is 1.78 bits per heavy atom. The highest BCUT2D eigenvalue weighted by molar-refractivity contribution is 5.73. The van der Waals surface area contributed by atoms with Crippen LogP contribution in [0, 0.1) is 0 Å².